The van der Waals surface area contributed by atoms with Crippen LogP contribution in [0.1, 0.15) is 19.4 Å². The van der Waals surface area contributed by atoms with Crippen molar-refractivity contribution in [2.24, 2.45) is 5.92 Å². The van der Waals surface area contributed by atoms with Crippen molar-refractivity contribution < 1.29 is 9.53 Å². The van der Waals surface area contributed by atoms with E-state index in [4.69, 9.17) is 4.74 Å². The Balaban J connectivity index is 2.22. The number of carbonyl (C=O) groups excluding carboxylic acids is 1. The minimum absolute atomic E-state index is 0.0229. The summed E-state index contributed by atoms with van der Waals surface area (Å²) in [6.07, 6.45) is 0. The smallest absolute Gasteiger partial charge is 0.227 e. The lowest BCUT2D eigenvalue weighted by molar-refractivity contribution is -0.118. The third-order valence-corrected chi connectivity index (χ3v) is 2.89. The summed E-state index contributed by atoms with van der Waals surface area (Å²) in [6.45, 7) is 5.73. The van der Waals surface area contributed by atoms with Gasteiger partial charge in [-0.1, -0.05) is 38.1 Å². The van der Waals surface area contributed by atoms with E-state index in [0.29, 0.717) is 11.4 Å². The van der Waals surface area contributed by atoms with Gasteiger partial charge in [0.25, 0.3) is 0 Å². The largest absolute Gasteiger partial charge is 0.455 e. The first-order valence-corrected chi connectivity index (χ1v) is 6.70. The maximum Gasteiger partial charge on any atom is 0.227 e. The average Bonchev–Trinajstić information content (AvgIpc) is 2.41. The zero-order valence-electron chi connectivity index (χ0n) is 12.0. The zero-order chi connectivity index (χ0) is 14.5. The van der Waals surface area contributed by atoms with E-state index in [9.17, 15) is 4.79 Å². The van der Waals surface area contributed by atoms with Crippen molar-refractivity contribution in [3.8, 4) is 11.5 Å². The Hall–Kier alpha value is -2.29. The molecule has 20 heavy (non-hydrogen) atoms. The molecule has 3 heteroatoms. The number of para-hydroxylation sites is 2. The van der Waals surface area contributed by atoms with Gasteiger partial charge in [-0.25, -0.2) is 0 Å². The van der Waals surface area contributed by atoms with Gasteiger partial charge in [0.15, 0.2) is 5.75 Å². The third kappa shape index (κ3) is 3.60. The summed E-state index contributed by atoms with van der Waals surface area (Å²) < 4.78 is 5.86. The predicted molar refractivity (Wildman–Crippen MR) is 81.2 cm³/mol. The Labute approximate surface area is 119 Å². The molecule has 0 aliphatic heterocycles. The topological polar surface area (TPSA) is 38.3 Å². The summed E-state index contributed by atoms with van der Waals surface area (Å²) in [5, 5.41) is 2.88. The molecule has 2 aromatic rings. The number of carbonyl (C=O) groups is 1. The van der Waals surface area contributed by atoms with E-state index in [1.54, 1.807) is 0 Å². The number of amides is 1. The van der Waals surface area contributed by atoms with Crippen molar-refractivity contribution in [3.05, 3.63) is 54.1 Å². The Kier molecular flexibility index (Phi) is 4.41. The molecule has 0 aliphatic carbocycles. The van der Waals surface area contributed by atoms with Crippen molar-refractivity contribution in [3.63, 3.8) is 0 Å². The van der Waals surface area contributed by atoms with Crippen LogP contribution >= 0.6 is 0 Å². The van der Waals surface area contributed by atoms with Crippen LogP contribution in [0.15, 0.2) is 48.5 Å². The molecule has 2 rings (SSSR count). The average molecular weight is 269 g/mol. The summed E-state index contributed by atoms with van der Waals surface area (Å²) in [5.41, 5.74) is 1.82. The van der Waals surface area contributed by atoms with Crippen LogP contribution < -0.4 is 10.1 Å². The predicted octanol–water partition coefficient (Wildman–Crippen LogP) is 4.38. The highest BCUT2D eigenvalue weighted by molar-refractivity contribution is 5.93. The van der Waals surface area contributed by atoms with E-state index < -0.39 is 0 Å². The Morgan fingerprint density at radius 1 is 1.10 bits per heavy atom. The van der Waals surface area contributed by atoms with E-state index in [2.05, 4.69) is 5.32 Å². The minimum Gasteiger partial charge on any atom is -0.455 e. The van der Waals surface area contributed by atoms with Gasteiger partial charge in [0.1, 0.15) is 5.75 Å². The van der Waals surface area contributed by atoms with E-state index >= 15 is 0 Å². The van der Waals surface area contributed by atoms with Crippen LogP contribution in [0.2, 0.25) is 0 Å². The maximum absolute atomic E-state index is 11.8. The number of anilines is 1. The van der Waals surface area contributed by atoms with Crippen molar-refractivity contribution in [1.29, 1.82) is 0 Å². The highest BCUT2D eigenvalue weighted by Crippen LogP contribution is 2.29. The Morgan fingerprint density at radius 2 is 1.85 bits per heavy atom. The van der Waals surface area contributed by atoms with E-state index in [1.165, 1.54) is 0 Å². The highest BCUT2D eigenvalue weighted by Gasteiger charge is 2.11. The van der Waals surface area contributed by atoms with Crippen molar-refractivity contribution in [2.75, 3.05) is 5.32 Å². The lowest BCUT2D eigenvalue weighted by atomic mass is 10.2. The Bertz CT molecular complexity index is 605. The van der Waals surface area contributed by atoms with Crippen LogP contribution in [-0.2, 0) is 4.79 Å². The molecule has 0 aromatic heterocycles. The molecule has 0 heterocycles. The fraction of sp³-hybridized carbons (Fsp3) is 0.235. The van der Waals surface area contributed by atoms with Crippen LogP contribution in [0, 0.1) is 12.8 Å². The second-order valence-electron chi connectivity index (χ2n) is 5.06. The molecule has 0 saturated heterocycles. The molecule has 0 radical (unpaired) electrons. The highest BCUT2D eigenvalue weighted by atomic mass is 16.5. The summed E-state index contributed by atoms with van der Waals surface area (Å²) in [6, 6.07) is 15.3. The normalized spacial score (nSPS) is 10.4. The van der Waals surface area contributed by atoms with Crippen molar-refractivity contribution in [2.45, 2.75) is 20.8 Å². The number of nitrogens with one attached hydrogen (secondary N) is 1. The summed E-state index contributed by atoms with van der Waals surface area (Å²) in [7, 11) is 0. The molecule has 0 fully saturated rings. The molecular weight excluding hydrogens is 250 g/mol. The second-order valence-corrected chi connectivity index (χ2v) is 5.06. The summed E-state index contributed by atoms with van der Waals surface area (Å²) >= 11 is 0. The quantitative estimate of drug-likeness (QED) is 0.894. The number of rotatable bonds is 4. The monoisotopic (exact) mass is 269 g/mol. The zero-order valence-corrected chi connectivity index (χ0v) is 12.0. The molecule has 0 atom stereocenters. The minimum atomic E-state index is -0.0676. The number of hydrogen-bond acceptors (Lipinski definition) is 2. The van der Waals surface area contributed by atoms with E-state index in [-0.39, 0.29) is 11.8 Å². The van der Waals surface area contributed by atoms with Crippen LogP contribution in [0.3, 0.4) is 0 Å². The van der Waals surface area contributed by atoms with Crippen molar-refractivity contribution >= 4 is 11.6 Å². The van der Waals surface area contributed by atoms with Gasteiger partial charge < -0.3 is 10.1 Å². The molecule has 3 nitrogen and oxygen atoms in total. The van der Waals surface area contributed by atoms with Crippen molar-refractivity contribution in [1.82, 2.24) is 0 Å². The fourth-order valence-corrected chi connectivity index (χ4v) is 1.74. The molecule has 1 amide bonds. The molecular formula is C17H19NO2. The van der Waals surface area contributed by atoms with Gasteiger partial charge in [0, 0.05) is 5.92 Å². The number of ether oxygens (including phenoxy) is 1. The Morgan fingerprint density at radius 3 is 2.55 bits per heavy atom. The first kappa shape index (κ1) is 14.1. The molecule has 0 saturated carbocycles. The van der Waals surface area contributed by atoms with Gasteiger partial charge in [0.2, 0.25) is 5.91 Å². The van der Waals surface area contributed by atoms with Crippen LogP contribution in [0.4, 0.5) is 5.69 Å². The van der Waals surface area contributed by atoms with E-state index in [0.717, 1.165) is 11.3 Å². The fourth-order valence-electron chi connectivity index (χ4n) is 1.74. The van der Waals surface area contributed by atoms with Gasteiger partial charge in [0.05, 0.1) is 5.69 Å². The molecule has 0 aliphatic rings. The summed E-state index contributed by atoms with van der Waals surface area (Å²) in [5.74, 6) is 1.32. The van der Waals surface area contributed by atoms with E-state index in [1.807, 2.05) is 69.3 Å². The number of aryl methyl sites for hydroxylation is 1. The van der Waals surface area contributed by atoms with Crippen LogP contribution in [0.5, 0.6) is 11.5 Å². The third-order valence-electron chi connectivity index (χ3n) is 2.89. The van der Waals surface area contributed by atoms with Gasteiger partial charge in [-0.05, 0) is 36.8 Å². The van der Waals surface area contributed by atoms with Gasteiger partial charge in [-0.2, -0.15) is 0 Å². The number of benzene rings is 2. The molecule has 1 N–H and O–H groups in total. The standard InChI is InChI=1S/C17H19NO2/c1-12(2)17(19)18-15-9-4-5-10-16(15)20-14-8-6-7-13(3)11-14/h4-12H,1-3H3,(H,18,19). The molecule has 0 spiro atoms. The summed E-state index contributed by atoms with van der Waals surface area (Å²) in [4.78, 5) is 11.8. The maximum atomic E-state index is 11.8. The van der Waals surface area contributed by atoms with Gasteiger partial charge in [-0.15, -0.1) is 0 Å². The molecule has 0 bridgehead atoms. The molecule has 2 aromatic carbocycles. The molecule has 0 unspecified atom stereocenters. The van der Waals surface area contributed by atoms with Crippen LogP contribution in [0.25, 0.3) is 0 Å². The first-order chi connectivity index (χ1) is 9.56. The van der Waals surface area contributed by atoms with Gasteiger partial charge >= 0.3 is 0 Å². The first-order valence-electron chi connectivity index (χ1n) is 6.70. The van der Waals surface area contributed by atoms with Gasteiger partial charge in [-0.3, -0.25) is 4.79 Å². The number of hydrogen-bond donors (Lipinski definition) is 1. The lowest BCUT2D eigenvalue weighted by Gasteiger charge is -2.13. The van der Waals surface area contributed by atoms with Crippen LogP contribution in [-0.4, -0.2) is 5.91 Å². The SMILES string of the molecule is Cc1cccc(Oc2ccccc2NC(=O)C(C)C)c1. The molecule has 104 valence electrons. The lowest BCUT2D eigenvalue weighted by Crippen LogP contribution is -2.18. The second kappa shape index (κ2) is 6.24.